The van der Waals surface area contributed by atoms with Gasteiger partial charge in [-0.05, 0) is 163 Å². The van der Waals surface area contributed by atoms with Crippen LogP contribution in [0, 0.1) is 36.2 Å². The molecule has 258 valence electrons. The van der Waals surface area contributed by atoms with Crippen LogP contribution in [0.1, 0.15) is 16.7 Å². The Bertz CT molecular complexity index is 3670. The highest BCUT2D eigenvalue weighted by atomic mass is 14.6. The van der Waals surface area contributed by atoms with Gasteiger partial charge >= 0.3 is 0 Å². The largest absolute Gasteiger partial charge is 0.238 e. The second kappa shape index (κ2) is 11.3. The first kappa shape index (κ1) is 31.3. The van der Waals surface area contributed by atoms with Gasteiger partial charge in [0.05, 0.1) is 29.8 Å². The number of hydrogen-bond donors (Lipinski definition) is 0. The van der Waals surface area contributed by atoms with E-state index in [0.717, 1.165) is 71.3 Å². The van der Waals surface area contributed by atoms with Crippen molar-refractivity contribution in [3.05, 3.63) is 174 Å². The molecular formula is C54H27N3. The van der Waals surface area contributed by atoms with Crippen molar-refractivity contribution >= 4 is 59.5 Å². The highest BCUT2D eigenvalue weighted by molar-refractivity contribution is 6.30. The predicted molar refractivity (Wildman–Crippen MR) is 234 cm³/mol. The normalized spacial score (nSPS) is 11.9. The van der Waals surface area contributed by atoms with Crippen LogP contribution in [0.2, 0.25) is 0 Å². The number of hydrogen-bond acceptors (Lipinski definition) is 2. The molecule has 3 nitrogen and oxygen atoms in total. The topological polar surface area (TPSA) is 51.9 Å². The van der Waals surface area contributed by atoms with Gasteiger partial charge in [0.15, 0.2) is 5.69 Å². The van der Waals surface area contributed by atoms with E-state index in [4.69, 9.17) is 6.57 Å². The lowest BCUT2D eigenvalue weighted by molar-refractivity contribution is 1.42. The summed E-state index contributed by atoms with van der Waals surface area (Å²) in [6, 6.07) is 56.3. The fraction of sp³-hybridized carbons (Fsp3) is 0.0185. The zero-order valence-corrected chi connectivity index (χ0v) is 30.7. The molecule has 57 heavy (non-hydrogen) atoms. The Morgan fingerprint density at radius 2 is 0.947 bits per heavy atom. The van der Waals surface area contributed by atoms with E-state index in [-0.39, 0.29) is 0 Å². The smallest absolute Gasteiger partial charge is 0.187 e. The molecule has 0 saturated heterocycles. The second-order valence-corrected chi connectivity index (χ2v) is 15.3. The highest BCUT2D eigenvalue weighted by Gasteiger charge is 2.30. The summed E-state index contributed by atoms with van der Waals surface area (Å²) < 4.78 is 0. The zero-order chi connectivity index (χ0) is 38.1. The first-order valence-corrected chi connectivity index (χ1v) is 19.1. The molecule has 0 amide bonds. The van der Waals surface area contributed by atoms with Gasteiger partial charge in [-0.25, -0.2) is 4.85 Å². The molecule has 10 aromatic carbocycles. The number of nitrogens with zero attached hydrogens (tertiary/aromatic N) is 3. The first-order chi connectivity index (χ1) is 28.1. The van der Waals surface area contributed by atoms with Gasteiger partial charge in [0.2, 0.25) is 0 Å². The fourth-order valence-electron chi connectivity index (χ4n) is 10.2. The summed E-state index contributed by atoms with van der Waals surface area (Å²) in [5.74, 6) is 0. The molecule has 0 unspecified atom stereocenters. The molecule has 2 aliphatic rings. The maximum absolute atomic E-state index is 10.5. The summed E-state index contributed by atoms with van der Waals surface area (Å²) in [5.41, 5.74) is 16.3. The van der Waals surface area contributed by atoms with E-state index in [1.807, 2.05) is 18.2 Å². The molecule has 0 fully saturated rings. The van der Waals surface area contributed by atoms with Crippen molar-refractivity contribution in [1.82, 2.24) is 0 Å². The van der Waals surface area contributed by atoms with Gasteiger partial charge < -0.3 is 0 Å². The van der Waals surface area contributed by atoms with Gasteiger partial charge in [-0.1, -0.05) is 115 Å². The van der Waals surface area contributed by atoms with Gasteiger partial charge in [-0.3, -0.25) is 0 Å². The molecule has 0 spiro atoms. The Morgan fingerprint density at radius 1 is 0.421 bits per heavy atom. The molecule has 0 radical (unpaired) electrons. The standard InChI is InChI=1S/C54H27N3/c1-29-23-30(27-55)15-18-35(29)51-40-21-19-37-36(45(40)25-47-38-11-3-7-31-9-5-13-42(49(31)38)53(47)51)20-22-41-46(37)26-48-39-12-4-8-32-10-6-14-43(50(32)39)54(48)52(41)44-24-34(57-2)17-16-33(44)28-56/h3-26H,1H3. The molecular weight excluding hydrogens is 691 g/mol. The number of aryl methyl sites for hydroxylation is 1. The summed E-state index contributed by atoms with van der Waals surface area (Å²) >= 11 is 0. The number of fused-ring (bicyclic) bond motifs is 11. The summed E-state index contributed by atoms with van der Waals surface area (Å²) in [5, 5.41) is 31.9. The van der Waals surface area contributed by atoms with E-state index < -0.39 is 0 Å². The van der Waals surface area contributed by atoms with Crippen LogP contribution in [0.5, 0.6) is 0 Å². The van der Waals surface area contributed by atoms with Crippen molar-refractivity contribution in [2.24, 2.45) is 0 Å². The summed E-state index contributed by atoms with van der Waals surface area (Å²) in [7, 11) is 0. The molecule has 0 bridgehead atoms. The van der Waals surface area contributed by atoms with Crippen molar-refractivity contribution in [3.63, 3.8) is 0 Å². The maximum Gasteiger partial charge on any atom is 0.187 e. The Hall–Kier alpha value is -8.03. The van der Waals surface area contributed by atoms with Crippen molar-refractivity contribution in [1.29, 1.82) is 10.5 Å². The molecule has 0 aromatic heterocycles. The van der Waals surface area contributed by atoms with Crippen LogP contribution in [0.3, 0.4) is 0 Å². The van der Waals surface area contributed by atoms with Gasteiger partial charge in [0.1, 0.15) is 0 Å². The SMILES string of the molecule is [C-]#[N+]c1ccc(C#N)c(-c2c3c(cc4c2ccc2c5cc6c(c(-c7ccc(C#N)cc7C)c5ccc42)-c2cccc4cccc-6c24)-c2cccc4cccc-3c24)c1. The van der Waals surface area contributed by atoms with Crippen LogP contribution in [0.15, 0.2) is 146 Å². The van der Waals surface area contributed by atoms with E-state index in [1.165, 1.54) is 54.9 Å². The number of rotatable bonds is 2. The van der Waals surface area contributed by atoms with Crippen LogP contribution in [0.4, 0.5) is 5.69 Å². The highest BCUT2D eigenvalue weighted by Crippen LogP contribution is 2.57. The predicted octanol–water partition coefficient (Wildman–Crippen LogP) is 14.7. The third kappa shape index (κ3) is 4.06. The average molecular weight is 718 g/mol. The minimum absolute atomic E-state index is 0.505. The molecule has 0 atom stereocenters. The summed E-state index contributed by atoms with van der Waals surface area (Å²) in [6.07, 6.45) is 0. The Labute approximate surface area is 328 Å². The fourth-order valence-corrected chi connectivity index (χ4v) is 10.2. The second-order valence-electron chi connectivity index (χ2n) is 15.3. The molecule has 10 aromatic rings. The third-order valence-corrected chi connectivity index (χ3v) is 12.5. The molecule has 0 aliphatic heterocycles. The third-order valence-electron chi connectivity index (χ3n) is 12.5. The molecule has 0 saturated carbocycles. The summed E-state index contributed by atoms with van der Waals surface area (Å²) in [6.45, 7) is 10.0. The lowest BCUT2D eigenvalue weighted by Gasteiger charge is -2.20. The Morgan fingerprint density at radius 3 is 1.46 bits per heavy atom. The van der Waals surface area contributed by atoms with Gasteiger partial charge in [0.25, 0.3) is 0 Å². The van der Waals surface area contributed by atoms with Crippen molar-refractivity contribution < 1.29 is 0 Å². The monoisotopic (exact) mass is 717 g/mol. The quantitative estimate of drug-likeness (QED) is 0.132. The maximum atomic E-state index is 10.5. The van der Waals surface area contributed by atoms with Crippen LogP contribution >= 0.6 is 0 Å². The van der Waals surface area contributed by atoms with Gasteiger partial charge in [-0.2, -0.15) is 10.5 Å². The van der Waals surface area contributed by atoms with Crippen molar-refractivity contribution in [2.75, 3.05) is 0 Å². The van der Waals surface area contributed by atoms with Crippen LogP contribution < -0.4 is 0 Å². The van der Waals surface area contributed by atoms with Gasteiger partial charge in [-0.15, -0.1) is 0 Å². The van der Waals surface area contributed by atoms with Crippen LogP contribution in [-0.4, -0.2) is 0 Å². The van der Waals surface area contributed by atoms with Crippen molar-refractivity contribution in [2.45, 2.75) is 6.92 Å². The van der Waals surface area contributed by atoms with E-state index in [0.29, 0.717) is 16.8 Å². The Kier molecular flexibility index (Phi) is 6.19. The minimum Gasteiger partial charge on any atom is -0.238 e. The molecule has 3 heteroatoms. The van der Waals surface area contributed by atoms with Crippen LogP contribution in [0.25, 0.3) is 125 Å². The van der Waals surface area contributed by atoms with E-state index in [2.05, 4.69) is 139 Å². The number of benzene rings is 10. The molecule has 0 N–H and O–H groups in total. The molecule has 12 rings (SSSR count). The van der Waals surface area contributed by atoms with E-state index in [1.54, 1.807) is 12.1 Å². The Balaban J connectivity index is 1.25. The lowest BCUT2D eigenvalue weighted by Crippen LogP contribution is -1.94. The zero-order valence-electron chi connectivity index (χ0n) is 30.7. The van der Waals surface area contributed by atoms with E-state index >= 15 is 0 Å². The molecule has 2 aliphatic carbocycles. The van der Waals surface area contributed by atoms with Gasteiger partial charge in [0, 0.05) is 0 Å². The minimum atomic E-state index is 0.505. The number of nitriles is 2. The van der Waals surface area contributed by atoms with E-state index in [9.17, 15) is 10.5 Å². The van der Waals surface area contributed by atoms with Crippen molar-refractivity contribution in [3.8, 4) is 78.9 Å². The van der Waals surface area contributed by atoms with Crippen LogP contribution in [-0.2, 0) is 0 Å². The average Bonchev–Trinajstić information content (AvgIpc) is 3.75. The summed E-state index contributed by atoms with van der Waals surface area (Å²) in [4.78, 5) is 3.80. The lowest BCUT2D eigenvalue weighted by atomic mass is 9.82. The molecule has 0 heterocycles. The first-order valence-electron chi connectivity index (χ1n) is 19.1.